The SMILES string of the molecule is CNc1ncc(C[C@@H](CO)NC)s1. The van der Waals surface area contributed by atoms with Gasteiger partial charge in [0.2, 0.25) is 0 Å². The van der Waals surface area contributed by atoms with Crippen molar-refractivity contribution >= 4 is 16.5 Å². The molecule has 1 atom stereocenters. The molecule has 3 N–H and O–H groups in total. The third-order valence-corrected chi connectivity index (χ3v) is 2.88. The Balaban J connectivity index is 2.52. The number of hydrogen-bond donors (Lipinski definition) is 3. The molecule has 5 heteroatoms. The summed E-state index contributed by atoms with van der Waals surface area (Å²) in [7, 11) is 3.70. The molecule has 0 saturated carbocycles. The van der Waals surface area contributed by atoms with Crippen LogP contribution < -0.4 is 10.6 Å². The lowest BCUT2D eigenvalue weighted by Gasteiger charge is -2.10. The Morgan fingerprint density at radius 2 is 2.38 bits per heavy atom. The topological polar surface area (TPSA) is 57.2 Å². The summed E-state index contributed by atoms with van der Waals surface area (Å²) >= 11 is 1.62. The highest BCUT2D eigenvalue weighted by molar-refractivity contribution is 7.15. The molecule has 74 valence electrons. The van der Waals surface area contributed by atoms with Gasteiger partial charge in [-0.05, 0) is 7.05 Å². The minimum absolute atomic E-state index is 0.130. The van der Waals surface area contributed by atoms with E-state index in [0.29, 0.717) is 0 Å². The first-order valence-corrected chi connectivity index (χ1v) is 5.02. The molecule has 1 heterocycles. The molecule has 0 radical (unpaired) electrons. The molecular formula is C8H15N3OS. The highest BCUT2D eigenvalue weighted by Gasteiger charge is 2.07. The average Bonchev–Trinajstić information content (AvgIpc) is 2.61. The van der Waals surface area contributed by atoms with E-state index in [4.69, 9.17) is 5.11 Å². The number of nitrogens with zero attached hydrogens (tertiary/aromatic N) is 1. The second-order valence-electron chi connectivity index (χ2n) is 2.75. The Kier molecular flexibility index (Phi) is 4.14. The molecule has 0 aliphatic rings. The molecule has 0 aliphatic heterocycles. The normalized spacial score (nSPS) is 12.8. The maximum absolute atomic E-state index is 8.96. The van der Waals surface area contributed by atoms with Crippen molar-refractivity contribution in [3.63, 3.8) is 0 Å². The summed E-state index contributed by atoms with van der Waals surface area (Å²) in [6.07, 6.45) is 2.67. The average molecular weight is 201 g/mol. The zero-order chi connectivity index (χ0) is 9.68. The predicted molar refractivity (Wildman–Crippen MR) is 55.3 cm³/mol. The van der Waals surface area contributed by atoms with Crippen LogP contribution in [0.1, 0.15) is 4.88 Å². The maximum Gasteiger partial charge on any atom is 0.182 e. The predicted octanol–water partition coefficient (Wildman–Crippen LogP) is 0.308. The van der Waals surface area contributed by atoms with Gasteiger partial charge in [0.1, 0.15) is 0 Å². The number of thiazole rings is 1. The third-order valence-electron chi connectivity index (χ3n) is 1.84. The van der Waals surface area contributed by atoms with E-state index >= 15 is 0 Å². The number of aromatic nitrogens is 1. The summed E-state index contributed by atoms with van der Waals surface area (Å²) in [6.45, 7) is 0.156. The van der Waals surface area contributed by atoms with Gasteiger partial charge in [-0.2, -0.15) is 0 Å². The van der Waals surface area contributed by atoms with Gasteiger partial charge in [-0.15, -0.1) is 11.3 Å². The maximum atomic E-state index is 8.96. The van der Waals surface area contributed by atoms with E-state index in [1.54, 1.807) is 11.3 Å². The van der Waals surface area contributed by atoms with Gasteiger partial charge >= 0.3 is 0 Å². The molecule has 13 heavy (non-hydrogen) atoms. The molecule has 1 rings (SSSR count). The van der Waals surface area contributed by atoms with Gasteiger partial charge in [-0.1, -0.05) is 0 Å². The summed E-state index contributed by atoms with van der Waals surface area (Å²) < 4.78 is 0. The molecule has 0 spiro atoms. The van der Waals surface area contributed by atoms with E-state index in [2.05, 4.69) is 15.6 Å². The van der Waals surface area contributed by atoms with Crippen LogP contribution in [0.2, 0.25) is 0 Å². The van der Waals surface area contributed by atoms with Gasteiger partial charge < -0.3 is 15.7 Å². The molecule has 1 aromatic heterocycles. The molecule has 0 bridgehead atoms. The second kappa shape index (κ2) is 5.16. The van der Waals surface area contributed by atoms with Crippen LogP contribution in [0, 0.1) is 0 Å². The Morgan fingerprint density at radius 3 is 2.85 bits per heavy atom. The van der Waals surface area contributed by atoms with Gasteiger partial charge in [0.25, 0.3) is 0 Å². The van der Waals surface area contributed by atoms with Gasteiger partial charge in [0.05, 0.1) is 6.61 Å². The van der Waals surface area contributed by atoms with Gasteiger partial charge in [-0.3, -0.25) is 0 Å². The number of aliphatic hydroxyl groups excluding tert-OH is 1. The number of anilines is 1. The van der Waals surface area contributed by atoms with Gasteiger partial charge in [0.15, 0.2) is 5.13 Å². The van der Waals surface area contributed by atoms with Crippen molar-refractivity contribution < 1.29 is 5.11 Å². The van der Waals surface area contributed by atoms with Crippen LogP contribution in [-0.4, -0.2) is 36.8 Å². The quantitative estimate of drug-likeness (QED) is 0.641. The van der Waals surface area contributed by atoms with Crippen LogP contribution in [0.3, 0.4) is 0 Å². The van der Waals surface area contributed by atoms with Crippen LogP contribution in [0.4, 0.5) is 5.13 Å². The first-order valence-electron chi connectivity index (χ1n) is 4.20. The van der Waals surface area contributed by atoms with Crippen molar-refractivity contribution in [1.29, 1.82) is 0 Å². The van der Waals surface area contributed by atoms with Crippen LogP contribution in [0.15, 0.2) is 6.20 Å². The molecule has 0 fully saturated rings. The van der Waals surface area contributed by atoms with E-state index in [-0.39, 0.29) is 12.6 Å². The van der Waals surface area contributed by atoms with Crippen LogP contribution in [-0.2, 0) is 6.42 Å². The molecule has 4 nitrogen and oxygen atoms in total. The number of hydrogen-bond acceptors (Lipinski definition) is 5. The second-order valence-corrected chi connectivity index (χ2v) is 3.87. The third kappa shape index (κ3) is 2.95. The van der Waals surface area contributed by atoms with E-state index in [9.17, 15) is 0 Å². The molecular weight excluding hydrogens is 186 g/mol. The zero-order valence-electron chi connectivity index (χ0n) is 7.87. The molecule has 0 aromatic carbocycles. The first-order chi connectivity index (χ1) is 6.30. The smallest absolute Gasteiger partial charge is 0.182 e. The van der Waals surface area contributed by atoms with Crippen molar-refractivity contribution in [1.82, 2.24) is 10.3 Å². The van der Waals surface area contributed by atoms with E-state index in [1.165, 1.54) is 4.88 Å². The zero-order valence-corrected chi connectivity index (χ0v) is 8.69. The van der Waals surface area contributed by atoms with Crippen molar-refractivity contribution in [3.05, 3.63) is 11.1 Å². The van der Waals surface area contributed by atoms with Crippen molar-refractivity contribution in [2.24, 2.45) is 0 Å². The Morgan fingerprint density at radius 1 is 1.62 bits per heavy atom. The highest BCUT2D eigenvalue weighted by Crippen LogP contribution is 2.18. The highest BCUT2D eigenvalue weighted by atomic mass is 32.1. The summed E-state index contributed by atoms with van der Waals surface area (Å²) in [5, 5.41) is 15.9. The molecule has 0 aliphatic carbocycles. The van der Waals surface area contributed by atoms with Gasteiger partial charge in [-0.25, -0.2) is 4.98 Å². The number of likely N-dealkylation sites (N-methyl/N-ethyl adjacent to an activating group) is 1. The number of rotatable bonds is 5. The lowest BCUT2D eigenvalue weighted by atomic mass is 10.2. The molecule has 0 amide bonds. The van der Waals surface area contributed by atoms with Crippen molar-refractivity contribution in [3.8, 4) is 0 Å². The molecule has 0 saturated heterocycles. The Labute approximate surface area is 82.0 Å². The summed E-state index contributed by atoms with van der Waals surface area (Å²) in [5.41, 5.74) is 0. The molecule has 1 aromatic rings. The summed E-state index contributed by atoms with van der Waals surface area (Å²) in [6, 6.07) is 0.130. The first kappa shape index (κ1) is 10.4. The summed E-state index contributed by atoms with van der Waals surface area (Å²) in [5.74, 6) is 0. The largest absolute Gasteiger partial charge is 0.395 e. The summed E-state index contributed by atoms with van der Waals surface area (Å²) in [4.78, 5) is 5.33. The van der Waals surface area contributed by atoms with E-state index < -0.39 is 0 Å². The number of aliphatic hydroxyl groups is 1. The van der Waals surface area contributed by atoms with E-state index in [0.717, 1.165) is 11.6 Å². The van der Waals surface area contributed by atoms with Gasteiger partial charge in [0, 0.05) is 30.6 Å². The minimum Gasteiger partial charge on any atom is -0.395 e. The monoisotopic (exact) mass is 201 g/mol. The van der Waals surface area contributed by atoms with Crippen LogP contribution in [0.5, 0.6) is 0 Å². The van der Waals surface area contributed by atoms with E-state index in [1.807, 2.05) is 20.3 Å². The fourth-order valence-corrected chi connectivity index (χ4v) is 1.86. The lowest BCUT2D eigenvalue weighted by Crippen LogP contribution is -2.30. The standard InChI is InChI=1S/C8H15N3OS/c1-9-6(5-12)3-7-4-11-8(10-2)13-7/h4,6,9,12H,3,5H2,1-2H3,(H,10,11)/t6-/m0/s1. The fraction of sp³-hybridized carbons (Fsp3) is 0.625. The van der Waals surface area contributed by atoms with Crippen LogP contribution >= 0.6 is 11.3 Å². The molecule has 0 unspecified atom stereocenters. The van der Waals surface area contributed by atoms with Crippen molar-refractivity contribution in [2.75, 3.05) is 26.0 Å². The minimum atomic E-state index is 0.130. The Hall–Kier alpha value is -0.650. The fourth-order valence-electron chi connectivity index (χ4n) is 1.02. The Bertz CT molecular complexity index is 247. The van der Waals surface area contributed by atoms with Crippen molar-refractivity contribution in [2.45, 2.75) is 12.5 Å². The van der Waals surface area contributed by atoms with Crippen LogP contribution in [0.25, 0.3) is 0 Å². The number of nitrogens with one attached hydrogen (secondary N) is 2. The lowest BCUT2D eigenvalue weighted by molar-refractivity contribution is 0.248.